The zero-order chi connectivity index (χ0) is 25.0. The van der Waals surface area contributed by atoms with Gasteiger partial charge in [0.1, 0.15) is 18.1 Å². The molecule has 2 aromatic carbocycles. The number of amides is 1. The van der Waals surface area contributed by atoms with Gasteiger partial charge in [0.25, 0.3) is 5.91 Å². The Balaban J connectivity index is 1.55. The summed E-state index contributed by atoms with van der Waals surface area (Å²) in [5, 5.41) is 3.06. The Kier molecular flexibility index (Phi) is 7.39. The standard InChI is InChI=1S/C25H22ClN3O4S2/c1-16-21(24-22(9-6-10-27-24)33-15-17-7-4-3-5-8-17)14-23(34-16)25(30)28-19-11-18(26)12-20(13-19)29-35(2,31)32/h3-14,29H,15H2,1-2H3,(H,28,30). The number of carbonyl (C=O) groups is 1. The van der Waals surface area contributed by atoms with Gasteiger partial charge in [0.05, 0.1) is 16.8 Å². The predicted octanol–water partition coefficient (Wildman–Crippen LogP) is 5.97. The highest BCUT2D eigenvalue weighted by Crippen LogP contribution is 2.36. The molecule has 0 aliphatic rings. The molecule has 1 amide bonds. The number of ether oxygens (including phenoxy) is 1. The number of aromatic nitrogens is 1. The molecule has 10 heteroatoms. The van der Waals surface area contributed by atoms with Gasteiger partial charge in [0.15, 0.2) is 0 Å². The predicted molar refractivity (Wildman–Crippen MR) is 141 cm³/mol. The zero-order valence-corrected chi connectivity index (χ0v) is 21.3. The summed E-state index contributed by atoms with van der Waals surface area (Å²) in [4.78, 5) is 18.9. The maximum Gasteiger partial charge on any atom is 0.265 e. The van der Waals surface area contributed by atoms with Crippen LogP contribution in [0.3, 0.4) is 0 Å². The first-order valence-corrected chi connectivity index (χ1v) is 13.6. The third-order valence-corrected chi connectivity index (χ3v) is 6.74. The molecule has 0 radical (unpaired) electrons. The molecule has 0 aliphatic carbocycles. The number of anilines is 2. The van der Waals surface area contributed by atoms with Crippen LogP contribution in [0.15, 0.2) is 72.9 Å². The highest BCUT2D eigenvalue weighted by atomic mass is 35.5. The number of rotatable bonds is 8. The van der Waals surface area contributed by atoms with Crippen LogP contribution in [0, 0.1) is 6.92 Å². The number of sulfonamides is 1. The van der Waals surface area contributed by atoms with Gasteiger partial charge in [-0.1, -0.05) is 41.9 Å². The van der Waals surface area contributed by atoms with Gasteiger partial charge in [0.2, 0.25) is 10.0 Å². The molecule has 4 aromatic rings. The van der Waals surface area contributed by atoms with Crippen LogP contribution in [0.1, 0.15) is 20.1 Å². The van der Waals surface area contributed by atoms with Gasteiger partial charge in [0, 0.05) is 27.3 Å². The molecule has 180 valence electrons. The summed E-state index contributed by atoms with van der Waals surface area (Å²) >= 11 is 7.43. The largest absolute Gasteiger partial charge is 0.487 e. The van der Waals surface area contributed by atoms with Crippen molar-refractivity contribution < 1.29 is 17.9 Å². The van der Waals surface area contributed by atoms with Crippen LogP contribution < -0.4 is 14.8 Å². The Hall–Kier alpha value is -3.40. The van der Waals surface area contributed by atoms with Crippen molar-refractivity contribution in [1.29, 1.82) is 0 Å². The van der Waals surface area contributed by atoms with Crippen molar-refractivity contribution in [2.75, 3.05) is 16.3 Å². The smallest absolute Gasteiger partial charge is 0.265 e. The van der Waals surface area contributed by atoms with Gasteiger partial charge < -0.3 is 10.1 Å². The van der Waals surface area contributed by atoms with E-state index in [1.54, 1.807) is 24.4 Å². The maximum atomic E-state index is 13.0. The summed E-state index contributed by atoms with van der Waals surface area (Å²) in [6.07, 6.45) is 2.72. The first-order chi connectivity index (χ1) is 16.7. The minimum atomic E-state index is -3.49. The van der Waals surface area contributed by atoms with Crippen molar-refractivity contribution in [3.05, 3.63) is 93.3 Å². The number of benzene rings is 2. The van der Waals surface area contributed by atoms with E-state index in [2.05, 4.69) is 15.0 Å². The van der Waals surface area contributed by atoms with Crippen LogP contribution in [-0.2, 0) is 16.6 Å². The lowest BCUT2D eigenvalue weighted by Crippen LogP contribution is -2.12. The highest BCUT2D eigenvalue weighted by molar-refractivity contribution is 7.92. The number of thiophene rings is 1. The van der Waals surface area contributed by atoms with Crippen LogP contribution in [0.4, 0.5) is 11.4 Å². The number of aryl methyl sites for hydroxylation is 1. The number of pyridine rings is 1. The fourth-order valence-corrected chi connectivity index (χ4v) is 5.10. The molecule has 2 aromatic heterocycles. The molecule has 0 atom stereocenters. The van der Waals surface area contributed by atoms with Crippen molar-refractivity contribution in [2.45, 2.75) is 13.5 Å². The van der Waals surface area contributed by atoms with E-state index in [9.17, 15) is 13.2 Å². The fraction of sp³-hybridized carbons (Fsp3) is 0.120. The SMILES string of the molecule is Cc1sc(C(=O)Nc2cc(Cl)cc(NS(C)(=O)=O)c2)cc1-c1ncccc1OCc1ccccc1. The minimum Gasteiger partial charge on any atom is -0.487 e. The summed E-state index contributed by atoms with van der Waals surface area (Å²) in [6, 6.07) is 19.8. The average molecular weight is 528 g/mol. The number of nitrogens with one attached hydrogen (secondary N) is 2. The first-order valence-electron chi connectivity index (χ1n) is 10.5. The number of halogens is 1. The van der Waals surface area contributed by atoms with Gasteiger partial charge in [-0.25, -0.2) is 8.42 Å². The molecule has 0 bridgehead atoms. The molecule has 2 heterocycles. The second-order valence-electron chi connectivity index (χ2n) is 7.76. The molecule has 0 saturated carbocycles. The number of carbonyl (C=O) groups excluding carboxylic acids is 1. The van der Waals surface area contributed by atoms with Gasteiger partial charge in [-0.3, -0.25) is 14.5 Å². The van der Waals surface area contributed by atoms with E-state index >= 15 is 0 Å². The molecular weight excluding hydrogens is 506 g/mol. The van der Waals surface area contributed by atoms with Gasteiger partial charge in [-0.15, -0.1) is 11.3 Å². The van der Waals surface area contributed by atoms with Crippen LogP contribution in [0.5, 0.6) is 5.75 Å². The molecule has 2 N–H and O–H groups in total. The van der Waals surface area contributed by atoms with Gasteiger partial charge in [-0.05, 0) is 48.9 Å². The van der Waals surface area contributed by atoms with E-state index in [0.29, 0.717) is 28.6 Å². The van der Waals surface area contributed by atoms with E-state index in [4.69, 9.17) is 16.3 Å². The third kappa shape index (κ3) is 6.60. The zero-order valence-electron chi connectivity index (χ0n) is 18.9. The summed E-state index contributed by atoms with van der Waals surface area (Å²) in [5.74, 6) is 0.273. The fourth-order valence-electron chi connectivity index (χ4n) is 3.40. The Labute approximate surface area is 212 Å². The van der Waals surface area contributed by atoms with Crippen LogP contribution in [-0.4, -0.2) is 25.6 Å². The van der Waals surface area contributed by atoms with Gasteiger partial charge in [-0.2, -0.15) is 0 Å². The van der Waals surface area contributed by atoms with Crippen molar-refractivity contribution in [3.63, 3.8) is 0 Å². The topological polar surface area (TPSA) is 97.4 Å². The summed E-state index contributed by atoms with van der Waals surface area (Å²) in [5.41, 5.74) is 3.11. The minimum absolute atomic E-state index is 0.257. The molecular formula is C25H22ClN3O4S2. The molecule has 7 nitrogen and oxygen atoms in total. The summed E-state index contributed by atoms with van der Waals surface area (Å²) in [7, 11) is -3.49. The third-order valence-electron chi connectivity index (χ3n) is 4.86. The Morgan fingerprint density at radius 3 is 2.54 bits per heavy atom. The van der Waals surface area contributed by atoms with Crippen molar-refractivity contribution in [3.8, 4) is 17.0 Å². The monoisotopic (exact) mass is 527 g/mol. The first kappa shape index (κ1) is 24.7. The van der Waals surface area contributed by atoms with E-state index in [0.717, 1.165) is 22.3 Å². The van der Waals surface area contributed by atoms with Crippen LogP contribution >= 0.6 is 22.9 Å². The van der Waals surface area contributed by atoms with Crippen molar-refractivity contribution in [1.82, 2.24) is 4.98 Å². The van der Waals surface area contributed by atoms with E-state index in [1.807, 2.05) is 43.3 Å². The van der Waals surface area contributed by atoms with E-state index < -0.39 is 10.0 Å². The quantitative estimate of drug-likeness (QED) is 0.294. The van der Waals surface area contributed by atoms with Crippen molar-refractivity contribution >= 4 is 50.2 Å². The summed E-state index contributed by atoms with van der Waals surface area (Å²) < 4.78 is 31.5. The second-order valence-corrected chi connectivity index (χ2v) is 11.2. The Morgan fingerprint density at radius 1 is 1.06 bits per heavy atom. The molecule has 0 saturated heterocycles. The lowest BCUT2D eigenvalue weighted by molar-refractivity contribution is 0.103. The maximum absolute atomic E-state index is 13.0. The van der Waals surface area contributed by atoms with Crippen LogP contribution in [0.25, 0.3) is 11.3 Å². The number of nitrogens with zero attached hydrogens (tertiary/aromatic N) is 1. The molecule has 0 spiro atoms. The Bertz CT molecular complexity index is 1470. The molecule has 0 aliphatic heterocycles. The normalized spacial score (nSPS) is 11.2. The lowest BCUT2D eigenvalue weighted by atomic mass is 10.1. The average Bonchev–Trinajstić information content (AvgIpc) is 3.18. The molecule has 0 fully saturated rings. The Morgan fingerprint density at radius 2 is 1.80 bits per heavy atom. The highest BCUT2D eigenvalue weighted by Gasteiger charge is 2.18. The lowest BCUT2D eigenvalue weighted by Gasteiger charge is -2.10. The number of hydrogen-bond donors (Lipinski definition) is 2. The molecule has 35 heavy (non-hydrogen) atoms. The van der Waals surface area contributed by atoms with Crippen LogP contribution in [0.2, 0.25) is 5.02 Å². The number of hydrogen-bond acceptors (Lipinski definition) is 6. The molecule has 0 unspecified atom stereocenters. The molecule has 4 rings (SSSR count). The summed E-state index contributed by atoms with van der Waals surface area (Å²) in [6.45, 7) is 2.31. The second kappa shape index (κ2) is 10.5. The van der Waals surface area contributed by atoms with Crippen molar-refractivity contribution in [2.24, 2.45) is 0 Å². The van der Waals surface area contributed by atoms with E-state index in [1.165, 1.54) is 23.5 Å². The van der Waals surface area contributed by atoms with E-state index in [-0.39, 0.29) is 16.6 Å². The van der Waals surface area contributed by atoms with Gasteiger partial charge >= 0.3 is 0 Å².